The summed E-state index contributed by atoms with van der Waals surface area (Å²) in [4.78, 5) is 38.7. The van der Waals surface area contributed by atoms with Crippen LogP contribution in [0.5, 0.6) is 0 Å². The molecule has 0 aliphatic heterocycles. The molecule has 1 aliphatic rings. The lowest BCUT2D eigenvalue weighted by molar-refractivity contribution is -0.147. The Labute approximate surface area is 206 Å². The molecule has 0 fully saturated rings. The predicted molar refractivity (Wildman–Crippen MR) is 134 cm³/mol. The first-order valence-electron chi connectivity index (χ1n) is 11.9. The fourth-order valence-corrected chi connectivity index (χ4v) is 4.17. The average molecular weight is 482 g/mol. The van der Waals surface area contributed by atoms with Crippen molar-refractivity contribution in [1.29, 1.82) is 0 Å². The number of nitrogens with one attached hydrogen (secondary N) is 2. The van der Waals surface area contributed by atoms with E-state index in [-0.39, 0.29) is 31.4 Å². The minimum atomic E-state index is -0.952. The molecule has 0 bridgehead atoms. The van der Waals surface area contributed by atoms with E-state index in [2.05, 4.69) is 22.8 Å². The fourth-order valence-electron chi connectivity index (χ4n) is 4.17. The number of alkyl carbamates (subject to hydrolysis) is 1. The van der Waals surface area contributed by atoms with Gasteiger partial charge >= 0.3 is 12.1 Å². The van der Waals surface area contributed by atoms with E-state index in [1.165, 1.54) is 0 Å². The number of fused-ring (bicyclic) bond motifs is 3. The van der Waals surface area contributed by atoms with E-state index in [1.807, 2.05) is 55.4 Å². The molecule has 0 spiro atoms. The van der Waals surface area contributed by atoms with Gasteiger partial charge in [-0.15, -0.1) is 0 Å². The van der Waals surface area contributed by atoms with Crippen LogP contribution >= 0.6 is 0 Å². The maximum absolute atomic E-state index is 12.8. The zero-order chi connectivity index (χ0) is 25.6. The lowest BCUT2D eigenvalue weighted by Gasteiger charge is -2.23. The first-order chi connectivity index (χ1) is 16.6. The number of aliphatic carboxylic acids is 1. The highest BCUT2D eigenvalue weighted by Gasteiger charge is 2.30. The van der Waals surface area contributed by atoms with Gasteiger partial charge in [0.1, 0.15) is 12.6 Å². The van der Waals surface area contributed by atoms with Crippen molar-refractivity contribution in [2.45, 2.75) is 38.6 Å². The van der Waals surface area contributed by atoms with Crippen LogP contribution in [-0.2, 0) is 14.3 Å². The lowest BCUT2D eigenvalue weighted by Crippen LogP contribution is -2.49. The molecule has 1 unspecified atom stereocenters. The zero-order valence-corrected chi connectivity index (χ0v) is 20.8. The highest BCUT2D eigenvalue weighted by molar-refractivity contribution is 5.86. The molecule has 2 aromatic carbocycles. The molecule has 8 heteroatoms. The van der Waals surface area contributed by atoms with Gasteiger partial charge in [-0.1, -0.05) is 48.5 Å². The zero-order valence-electron chi connectivity index (χ0n) is 20.8. The van der Waals surface area contributed by atoms with Gasteiger partial charge in [0.25, 0.3) is 0 Å². The molecule has 1 atom stereocenters. The summed E-state index contributed by atoms with van der Waals surface area (Å²) in [6.07, 6.45) is 0.0155. The number of benzene rings is 2. The average Bonchev–Trinajstić information content (AvgIpc) is 3.13. The number of hydrogen-bond donors (Lipinski definition) is 3. The number of carbonyl (C=O) groups excluding carboxylic acids is 2. The van der Waals surface area contributed by atoms with Crippen LogP contribution < -0.4 is 10.6 Å². The van der Waals surface area contributed by atoms with Crippen molar-refractivity contribution in [1.82, 2.24) is 15.5 Å². The number of hydrogen-bond acceptors (Lipinski definition) is 5. The summed E-state index contributed by atoms with van der Waals surface area (Å²) in [6, 6.07) is 15.4. The molecule has 0 saturated heterocycles. The van der Waals surface area contributed by atoms with Crippen molar-refractivity contribution in [3.05, 3.63) is 59.7 Å². The number of nitrogens with zero attached hydrogens (tertiary/aromatic N) is 1. The Bertz CT molecular complexity index is 1020. The second-order valence-corrected chi connectivity index (χ2v) is 9.84. The molecule has 0 heterocycles. The van der Waals surface area contributed by atoms with E-state index in [4.69, 9.17) is 4.74 Å². The SMILES string of the molecule is CN(C)CCC(NC(=O)OCC1c2ccccc2-c2ccccc21)C(=O)NCCC(C)(C)C(=O)O. The third-order valence-corrected chi connectivity index (χ3v) is 6.45. The molecule has 3 rings (SSSR count). The standard InChI is InChI=1S/C27H35N3O5/c1-27(2,25(32)33)14-15-28-24(31)23(13-16-30(3)4)29-26(34)35-17-22-20-11-7-5-9-18(20)19-10-6-8-12-21(19)22/h5-12,22-23H,13-17H2,1-4H3,(H,28,31)(H,29,34)(H,32,33). The fraction of sp³-hybridized carbons (Fsp3) is 0.444. The smallest absolute Gasteiger partial charge is 0.407 e. The van der Waals surface area contributed by atoms with Gasteiger partial charge < -0.3 is 25.4 Å². The number of carboxylic acid groups (broad SMARTS) is 1. The number of carboxylic acids is 1. The number of amides is 2. The van der Waals surface area contributed by atoms with Crippen molar-refractivity contribution >= 4 is 18.0 Å². The summed E-state index contributed by atoms with van der Waals surface area (Å²) in [5.41, 5.74) is 3.57. The Hall–Kier alpha value is -3.39. The van der Waals surface area contributed by atoms with E-state index in [1.54, 1.807) is 13.8 Å². The van der Waals surface area contributed by atoms with Crippen LogP contribution in [0.25, 0.3) is 11.1 Å². The Morgan fingerprint density at radius 1 is 1.03 bits per heavy atom. The second kappa shape index (κ2) is 11.4. The Morgan fingerprint density at radius 2 is 1.60 bits per heavy atom. The molecular weight excluding hydrogens is 446 g/mol. The lowest BCUT2D eigenvalue weighted by atomic mass is 9.89. The van der Waals surface area contributed by atoms with E-state index in [0.29, 0.717) is 13.0 Å². The summed E-state index contributed by atoms with van der Waals surface area (Å²) in [7, 11) is 3.77. The van der Waals surface area contributed by atoms with Crippen LogP contribution in [0.3, 0.4) is 0 Å². The maximum Gasteiger partial charge on any atom is 0.407 e. The van der Waals surface area contributed by atoms with E-state index < -0.39 is 23.5 Å². The van der Waals surface area contributed by atoms with Gasteiger partial charge in [-0.25, -0.2) is 4.79 Å². The summed E-state index contributed by atoms with van der Waals surface area (Å²) in [5.74, 6) is -1.35. The van der Waals surface area contributed by atoms with Crippen molar-refractivity contribution in [3.63, 3.8) is 0 Å². The predicted octanol–water partition coefficient (Wildman–Crippen LogP) is 3.46. The monoisotopic (exact) mass is 481 g/mol. The summed E-state index contributed by atoms with van der Waals surface area (Å²) in [5, 5.41) is 14.7. The first-order valence-corrected chi connectivity index (χ1v) is 11.9. The van der Waals surface area contributed by atoms with Gasteiger partial charge in [-0.05, 0) is 69.6 Å². The Morgan fingerprint density at radius 3 is 2.14 bits per heavy atom. The molecule has 3 N–H and O–H groups in total. The molecule has 1 aliphatic carbocycles. The molecule has 0 saturated carbocycles. The molecule has 35 heavy (non-hydrogen) atoms. The van der Waals surface area contributed by atoms with Crippen molar-refractivity contribution in [3.8, 4) is 11.1 Å². The maximum atomic E-state index is 12.8. The number of rotatable bonds is 11. The van der Waals surface area contributed by atoms with Crippen LogP contribution in [-0.4, -0.2) is 67.8 Å². The first kappa shape index (κ1) is 26.2. The normalized spacial score (nSPS) is 13.6. The highest BCUT2D eigenvalue weighted by atomic mass is 16.5. The topological polar surface area (TPSA) is 108 Å². The summed E-state index contributed by atoms with van der Waals surface area (Å²) >= 11 is 0. The highest BCUT2D eigenvalue weighted by Crippen LogP contribution is 2.44. The van der Waals surface area contributed by atoms with Crippen LogP contribution in [0, 0.1) is 5.41 Å². The Kier molecular flexibility index (Phi) is 8.51. The van der Waals surface area contributed by atoms with E-state index in [9.17, 15) is 19.5 Å². The van der Waals surface area contributed by atoms with Crippen molar-refractivity contribution in [2.24, 2.45) is 5.41 Å². The van der Waals surface area contributed by atoms with Gasteiger partial charge in [-0.2, -0.15) is 0 Å². The minimum absolute atomic E-state index is 0.0690. The minimum Gasteiger partial charge on any atom is -0.481 e. The van der Waals surface area contributed by atoms with Crippen LogP contribution in [0.4, 0.5) is 4.79 Å². The Balaban J connectivity index is 1.60. The summed E-state index contributed by atoms with van der Waals surface area (Å²) in [6.45, 7) is 4.17. The molecule has 0 radical (unpaired) electrons. The van der Waals surface area contributed by atoms with Crippen LogP contribution in [0.1, 0.15) is 43.7 Å². The molecule has 0 aromatic heterocycles. The molecular formula is C27H35N3O5. The molecule has 2 amide bonds. The quantitative estimate of drug-likeness (QED) is 0.454. The van der Waals surface area contributed by atoms with Crippen LogP contribution in [0.15, 0.2) is 48.5 Å². The molecule has 2 aromatic rings. The largest absolute Gasteiger partial charge is 0.481 e. The van der Waals surface area contributed by atoms with E-state index in [0.717, 1.165) is 22.3 Å². The molecule has 8 nitrogen and oxygen atoms in total. The van der Waals surface area contributed by atoms with Gasteiger partial charge in [0.05, 0.1) is 5.41 Å². The van der Waals surface area contributed by atoms with Gasteiger partial charge in [0.15, 0.2) is 0 Å². The second-order valence-electron chi connectivity index (χ2n) is 9.84. The van der Waals surface area contributed by atoms with Crippen molar-refractivity contribution < 1.29 is 24.2 Å². The van der Waals surface area contributed by atoms with E-state index >= 15 is 0 Å². The third-order valence-electron chi connectivity index (χ3n) is 6.45. The van der Waals surface area contributed by atoms with Crippen molar-refractivity contribution in [2.75, 3.05) is 33.8 Å². The number of ether oxygens (including phenoxy) is 1. The summed E-state index contributed by atoms with van der Waals surface area (Å²) < 4.78 is 5.60. The molecule has 188 valence electrons. The third kappa shape index (κ3) is 6.60. The number of carbonyl (C=O) groups is 3. The van der Waals surface area contributed by atoms with Gasteiger partial charge in [0.2, 0.25) is 5.91 Å². The van der Waals surface area contributed by atoms with Gasteiger partial charge in [-0.3, -0.25) is 9.59 Å². The van der Waals surface area contributed by atoms with Gasteiger partial charge in [0, 0.05) is 12.5 Å². The van der Waals surface area contributed by atoms with Crippen LogP contribution in [0.2, 0.25) is 0 Å².